The van der Waals surface area contributed by atoms with Crippen LogP contribution in [0.3, 0.4) is 0 Å². The predicted molar refractivity (Wildman–Crippen MR) is 48.3 cm³/mol. The Morgan fingerprint density at radius 3 is 1.92 bits per heavy atom. The molecule has 0 saturated carbocycles. The van der Waals surface area contributed by atoms with Gasteiger partial charge in [-0.25, -0.2) is 0 Å². The van der Waals surface area contributed by atoms with Gasteiger partial charge < -0.3 is 0 Å². The van der Waals surface area contributed by atoms with E-state index in [0.29, 0.717) is 0 Å². The predicted octanol–water partition coefficient (Wildman–Crippen LogP) is 3.31. The Kier molecular flexibility index (Phi) is 3.36. The Morgan fingerprint density at radius 1 is 1.00 bits per heavy atom. The second-order valence-corrected chi connectivity index (χ2v) is 6.49. The standard InChI is InChI=1S/C8H10O.2CH3.Ti/c1-6-3-7(2)5-8(9)4-6;;;/h3-5,9H,1-2H3;2*1H3;/q;;;+1/p-1. The number of rotatable bonds is 2. The minimum atomic E-state index is -1.18. The monoisotopic (exact) mass is 199 g/mol. The molecule has 65 valence electrons. The first kappa shape index (κ1) is 9.82. The van der Waals surface area contributed by atoms with E-state index in [9.17, 15) is 0 Å². The quantitative estimate of drug-likeness (QED) is 0.664. The molecule has 0 bridgehead atoms. The number of aryl methyl sites for hydroxylation is 2. The van der Waals surface area contributed by atoms with Crippen molar-refractivity contribution < 1.29 is 21.6 Å². The summed E-state index contributed by atoms with van der Waals surface area (Å²) in [5.74, 6) is 1.05. The van der Waals surface area contributed by atoms with Crippen LogP contribution in [0, 0.1) is 13.8 Å². The Morgan fingerprint density at radius 2 is 1.50 bits per heavy atom. The summed E-state index contributed by atoms with van der Waals surface area (Å²) >= 11 is -1.18. The van der Waals surface area contributed by atoms with Gasteiger partial charge in [-0.1, -0.05) is 0 Å². The molecule has 0 heterocycles. The first-order chi connectivity index (χ1) is 5.58. The summed E-state index contributed by atoms with van der Waals surface area (Å²) in [7, 11) is 0. The first-order valence-corrected chi connectivity index (χ1v) is 7.90. The Bertz CT molecular complexity index is 248. The minimum absolute atomic E-state index is 1.05. The average molecular weight is 199 g/mol. The van der Waals surface area contributed by atoms with Gasteiger partial charge in [0, 0.05) is 0 Å². The Labute approximate surface area is 81.1 Å². The molecule has 0 spiro atoms. The number of hydrogen-bond acceptors (Lipinski definition) is 1. The normalized spacial score (nSPS) is 9.67. The molecule has 1 nitrogen and oxygen atoms in total. The van der Waals surface area contributed by atoms with Gasteiger partial charge in [-0.2, -0.15) is 0 Å². The molecule has 0 aliphatic carbocycles. The summed E-state index contributed by atoms with van der Waals surface area (Å²) < 4.78 is 5.74. The van der Waals surface area contributed by atoms with Crippen molar-refractivity contribution in [1.29, 1.82) is 0 Å². The summed E-state index contributed by atoms with van der Waals surface area (Å²) in [4.78, 5) is 0. The van der Waals surface area contributed by atoms with Crippen LogP contribution in [0.4, 0.5) is 0 Å². The second kappa shape index (κ2) is 4.11. The molecule has 0 radical (unpaired) electrons. The summed E-state index contributed by atoms with van der Waals surface area (Å²) in [6.07, 6.45) is 0. The van der Waals surface area contributed by atoms with Gasteiger partial charge in [0.15, 0.2) is 0 Å². The second-order valence-electron chi connectivity index (χ2n) is 3.33. The van der Waals surface area contributed by atoms with Crippen LogP contribution in [0.25, 0.3) is 0 Å². The summed E-state index contributed by atoms with van der Waals surface area (Å²) in [5, 5.41) is 4.41. The van der Waals surface area contributed by atoms with E-state index in [1.54, 1.807) is 0 Å². The van der Waals surface area contributed by atoms with E-state index in [1.165, 1.54) is 11.1 Å². The number of benzene rings is 1. The Hall–Kier alpha value is -0.266. The molecular weight excluding hydrogens is 184 g/mol. The molecular formula is C10H15OTi. The first-order valence-electron chi connectivity index (χ1n) is 4.14. The topological polar surface area (TPSA) is 9.23 Å². The molecule has 0 unspecified atom stereocenters. The van der Waals surface area contributed by atoms with Gasteiger partial charge in [0.1, 0.15) is 0 Å². The van der Waals surface area contributed by atoms with Gasteiger partial charge in [-0.05, 0) is 0 Å². The van der Waals surface area contributed by atoms with E-state index in [4.69, 9.17) is 3.32 Å². The molecule has 0 amide bonds. The van der Waals surface area contributed by atoms with Gasteiger partial charge in [0.05, 0.1) is 0 Å². The fourth-order valence-electron chi connectivity index (χ4n) is 1.23. The van der Waals surface area contributed by atoms with Crippen molar-refractivity contribution in [3.63, 3.8) is 0 Å². The molecule has 2 heteroatoms. The van der Waals surface area contributed by atoms with Crippen molar-refractivity contribution in [2.45, 2.75) is 24.3 Å². The maximum atomic E-state index is 5.74. The van der Waals surface area contributed by atoms with E-state index >= 15 is 0 Å². The molecule has 0 saturated heterocycles. The molecule has 0 fully saturated rings. The molecule has 0 aliphatic heterocycles. The summed E-state index contributed by atoms with van der Waals surface area (Å²) in [5.41, 5.74) is 2.56. The molecule has 1 aromatic carbocycles. The fraction of sp³-hybridized carbons (Fsp3) is 0.400. The van der Waals surface area contributed by atoms with Crippen molar-refractivity contribution in [3.8, 4) is 5.75 Å². The SMILES string of the molecule is Cc1cc(C)cc([O][Ti]([CH3])[CH3])c1. The van der Waals surface area contributed by atoms with Crippen LogP contribution in [0.2, 0.25) is 10.5 Å². The van der Waals surface area contributed by atoms with Crippen LogP contribution in [0.5, 0.6) is 5.75 Å². The van der Waals surface area contributed by atoms with Gasteiger partial charge in [-0.3, -0.25) is 0 Å². The van der Waals surface area contributed by atoms with Gasteiger partial charge >= 0.3 is 81.0 Å². The van der Waals surface area contributed by atoms with Crippen LogP contribution < -0.4 is 3.32 Å². The van der Waals surface area contributed by atoms with Crippen molar-refractivity contribution in [2.75, 3.05) is 0 Å². The van der Waals surface area contributed by atoms with Crippen LogP contribution in [-0.4, -0.2) is 0 Å². The molecule has 0 aromatic heterocycles. The zero-order chi connectivity index (χ0) is 9.14. The third-order valence-corrected chi connectivity index (χ3v) is 2.52. The third-order valence-electron chi connectivity index (χ3n) is 1.52. The van der Waals surface area contributed by atoms with E-state index in [1.807, 2.05) is 0 Å². The third kappa shape index (κ3) is 3.00. The maximum absolute atomic E-state index is 5.74. The molecule has 0 N–H and O–H groups in total. The van der Waals surface area contributed by atoms with E-state index in [-0.39, 0.29) is 0 Å². The van der Waals surface area contributed by atoms with E-state index < -0.39 is 18.3 Å². The average Bonchev–Trinajstić information content (AvgIpc) is 1.81. The molecule has 1 rings (SSSR count). The van der Waals surface area contributed by atoms with Gasteiger partial charge in [0.25, 0.3) is 0 Å². The van der Waals surface area contributed by atoms with Gasteiger partial charge in [-0.15, -0.1) is 0 Å². The van der Waals surface area contributed by atoms with Crippen LogP contribution >= 0.6 is 0 Å². The van der Waals surface area contributed by atoms with Crippen LogP contribution in [-0.2, 0) is 18.3 Å². The van der Waals surface area contributed by atoms with E-state index in [2.05, 4.69) is 42.5 Å². The zero-order valence-corrected chi connectivity index (χ0v) is 9.70. The summed E-state index contributed by atoms with van der Waals surface area (Å²) in [6.45, 7) is 4.20. The molecule has 12 heavy (non-hydrogen) atoms. The van der Waals surface area contributed by atoms with Crippen LogP contribution in [0.15, 0.2) is 18.2 Å². The molecule has 0 atom stereocenters. The fourth-order valence-corrected chi connectivity index (χ4v) is 2.15. The van der Waals surface area contributed by atoms with Gasteiger partial charge in [0.2, 0.25) is 0 Å². The van der Waals surface area contributed by atoms with Crippen molar-refractivity contribution in [1.82, 2.24) is 0 Å². The van der Waals surface area contributed by atoms with Crippen molar-refractivity contribution >= 4 is 0 Å². The molecule has 1 aromatic rings. The van der Waals surface area contributed by atoms with E-state index in [0.717, 1.165) is 5.75 Å². The summed E-state index contributed by atoms with van der Waals surface area (Å²) in [6, 6.07) is 6.37. The Balaban J connectivity index is 2.85. The zero-order valence-electron chi connectivity index (χ0n) is 8.14. The van der Waals surface area contributed by atoms with Crippen LogP contribution in [0.1, 0.15) is 11.1 Å². The number of hydrogen-bond donors (Lipinski definition) is 0. The molecule has 0 aliphatic rings. The van der Waals surface area contributed by atoms with Crippen molar-refractivity contribution in [2.24, 2.45) is 0 Å². The van der Waals surface area contributed by atoms with Crippen molar-refractivity contribution in [3.05, 3.63) is 29.3 Å².